The summed E-state index contributed by atoms with van der Waals surface area (Å²) >= 11 is 0. The molecule has 0 fully saturated rings. The van der Waals surface area contributed by atoms with E-state index in [9.17, 15) is 22.8 Å². The molecule has 0 spiro atoms. The van der Waals surface area contributed by atoms with Crippen LogP contribution in [0.25, 0.3) is 0 Å². The molecule has 1 N–H and O–H groups in total. The molecule has 0 saturated carbocycles. The number of aryl methyl sites for hydroxylation is 1. The van der Waals surface area contributed by atoms with Crippen molar-refractivity contribution in [2.45, 2.75) is 13.1 Å². The number of alkyl halides is 3. The monoisotopic (exact) mass is 337 g/mol. The van der Waals surface area contributed by atoms with Crippen molar-refractivity contribution in [3.8, 4) is 0 Å². The molecular formula is C17H14F3NO3. The van der Waals surface area contributed by atoms with Crippen LogP contribution in [0.2, 0.25) is 0 Å². The van der Waals surface area contributed by atoms with Gasteiger partial charge in [-0.25, -0.2) is 4.79 Å². The minimum atomic E-state index is -4.68. The third kappa shape index (κ3) is 4.58. The van der Waals surface area contributed by atoms with Crippen LogP contribution >= 0.6 is 0 Å². The Balaban J connectivity index is 1.98. The zero-order chi connectivity index (χ0) is 17.7. The smallest absolute Gasteiger partial charge is 0.417 e. The van der Waals surface area contributed by atoms with Crippen molar-refractivity contribution in [2.24, 2.45) is 0 Å². The number of benzene rings is 2. The second-order valence-corrected chi connectivity index (χ2v) is 5.03. The molecule has 1 amide bonds. The number of amides is 1. The van der Waals surface area contributed by atoms with Gasteiger partial charge in [-0.3, -0.25) is 4.79 Å². The van der Waals surface area contributed by atoms with Gasteiger partial charge in [0.1, 0.15) is 0 Å². The van der Waals surface area contributed by atoms with Crippen LogP contribution in [0.3, 0.4) is 0 Å². The van der Waals surface area contributed by atoms with E-state index in [4.69, 9.17) is 0 Å². The van der Waals surface area contributed by atoms with Crippen molar-refractivity contribution in [2.75, 3.05) is 11.9 Å². The third-order valence-corrected chi connectivity index (χ3v) is 3.12. The molecule has 0 radical (unpaired) electrons. The molecule has 0 saturated heterocycles. The molecule has 0 aliphatic rings. The molecule has 0 aliphatic heterocycles. The summed E-state index contributed by atoms with van der Waals surface area (Å²) < 4.78 is 43.2. The molecule has 2 aromatic rings. The van der Waals surface area contributed by atoms with Gasteiger partial charge in [-0.2, -0.15) is 13.2 Å². The first-order valence-electron chi connectivity index (χ1n) is 6.97. The van der Waals surface area contributed by atoms with Gasteiger partial charge in [0.15, 0.2) is 6.61 Å². The van der Waals surface area contributed by atoms with Crippen molar-refractivity contribution in [1.82, 2.24) is 0 Å². The van der Waals surface area contributed by atoms with Gasteiger partial charge in [-0.15, -0.1) is 0 Å². The van der Waals surface area contributed by atoms with E-state index in [0.29, 0.717) is 5.69 Å². The molecule has 2 rings (SSSR count). The van der Waals surface area contributed by atoms with Crippen LogP contribution in [0.5, 0.6) is 0 Å². The maximum Gasteiger partial charge on any atom is 0.417 e. The number of hydrogen-bond acceptors (Lipinski definition) is 3. The Morgan fingerprint density at radius 1 is 1.04 bits per heavy atom. The van der Waals surface area contributed by atoms with E-state index >= 15 is 0 Å². The number of halogens is 3. The first-order valence-corrected chi connectivity index (χ1v) is 6.97. The Labute approximate surface area is 136 Å². The topological polar surface area (TPSA) is 55.4 Å². The lowest BCUT2D eigenvalue weighted by Crippen LogP contribution is -2.22. The van der Waals surface area contributed by atoms with E-state index in [2.05, 4.69) is 10.1 Å². The van der Waals surface area contributed by atoms with Crippen molar-refractivity contribution in [3.63, 3.8) is 0 Å². The summed E-state index contributed by atoms with van der Waals surface area (Å²) in [6.45, 7) is 1.20. The van der Waals surface area contributed by atoms with Gasteiger partial charge in [-0.1, -0.05) is 29.8 Å². The second kappa shape index (κ2) is 7.16. The lowest BCUT2D eigenvalue weighted by Gasteiger charge is -2.12. The number of rotatable bonds is 4. The average Bonchev–Trinajstić information content (AvgIpc) is 2.54. The van der Waals surface area contributed by atoms with E-state index in [1.54, 1.807) is 24.3 Å². The molecule has 7 heteroatoms. The largest absolute Gasteiger partial charge is 0.452 e. The van der Waals surface area contributed by atoms with Crippen molar-refractivity contribution < 1.29 is 27.5 Å². The van der Waals surface area contributed by atoms with Crippen molar-refractivity contribution in [3.05, 3.63) is 65.2 Å². The van der Waals surface area contributed by atoms with Crippen LogP contribution in [0, 0.1) is 6.92 Å². The van der Waals surface area contributed by atoms with Gasteiger partial charge in [0.25, 0.3) is 5.91 Å². The van der Waals surface area contributed by atoms with Gasteiger partial charge >= 0.3 is 12.1 Å². The molecule has 0 atom stereocenters. The summed E-state index contributed by atoms with van der Waals surface area (Å²) in [7, 11) is 0. The number of carbonyl (C=O) groups is 2. The summed E-state index contributed by atoms with van der Waals surface area (Å²) in [6, 6.07) is 11.1. The van der Waals surface area contributed by atoms with Crippen LogP contribution in [0.15, 0.2) is 48.5 Å². The van der Waals surface area contributed by atoms with Gasteiger partial charge in [0.2, 0.25) is 0 Å². The minimum Gasteiger partial charge on any atom is -0.452 e. The fourth-order valence-electron chi connectivity index (χ4n) is 1.95. The summed E-state index contributed by atoms with van der Waals surface area (Å²) in [5.74, 6) is -1.85. The van der Waals surface area contributed by atoms with E-state index in [1.165, 1.54) is 12.1 Å². The van der Waals surface area contributed by atoms with Crippen molar-refractivity contribution in [1.29, 1.82) is 0 Å². The first kappa shape index (κ1) is 17.5. The molecular weight excluding hydrogens is 323 g/mol. The predicted molar refractivity (Wildman–Crippen MR) is 81.5 cm³/mol. The Hall–Kier alpha value is -2.83. The highest BCUT2D eigenvalue weighted by Crippen LogP contribution is 2.32. The van der Waals surface area contributed by atoms with E-state index in [-0.39, 0.29) is 0 Å². The molecule has 0 heterocycles. The lowest BCUT2D eigenvalue weighted by atomic mass is 10.1. The summed E-state index contributed by atoms with van der Waals surface area (Å²) in [5.41, 5.74) is -0.234. The molecule has 24 heavy (non-hydrogen) atoms. The Kier molecular flexibility index (Phi) is 5.23. The Bertz CT molecular complexity index is 739. The zero-order valence-electron chi connectivity index (χ0n) is 12.7. The zero-order valence-corrected chi connectivity index (χ0v) is 12.7. The highest BCUT2D eigenvalue weighted by molar-refractivity contribution is 5.96. The molecule has 2 aromatic carbocycles. The van der Waals surface area contributed by atoms with Gasteiger partial charge in [-0.05, 0) is 31.2 Å². The summed E-state index contributed by atoms with van der Waals surface area (Å²) in [4.78, 5) is 23.5. The van der Waals surface area contributed by atoms with Crippen LogP contribution in [-0.2, 0) is 15.7 Å². The fraction of sp³-hybridized carbons (Fsp3) is 0.176. The highest BCUT2D eigenvalue weighted by atomic mass is 19.4. The minimum absolute atomic E-state index is 0.498. The first-order chi connectivity index (χ1) is 11.3. The van der Waals surface area contributed by atoms with Gasteiger partial charge < -0.3 is 10.1 Å². The third-order valence-electron chi connectivity index (χ3n) is 3.12. The van der Waals surface area contributed by atoms with Crippen LogP contribution in [0.1, 0.15) is 21.5 Å². The molecule has 0 aromatic heterocycles. The van der Waals surface area contributed by atoms with Crippen molar-refractivity contribution >= 4 is 17.6 Å². The number of esters is 1. The predicted octanol–water partition coefficient (Wildman–Crippen LogP) is 3.81. The van der Waals surface area contributed by atoms with Crippen LogP contribution in [-0.4, -0.2) is 18.5 Å². The van der Waals surface area contributed by atoms with E-state index < -0.39 is 35.8 Å². The Morgan fingerprint density at radius 3 is 2.29 bits per heavy atom. The van der Waals surface area contributed by atoms with Crippen LogP contribution < -0.4 is 5.32 Å². The SMILES string of the molecule is Cc1ccc(NC(=O)COC(=O)c2ccccc2C(F)(F)F)cc1. The standard InChI is InChI=1S/C17H14F3NO3/c1-11-6-8-12(9-7-11)21-15(22)10-24-16(23)13-4-2-3-5-14(13)17(18,19)20/h2-9H,10H2,1H3,(H,21,22). The molecule has 4 nitrogen and oxygen atoms in total. The number of hydrogen-bond donors (Lipinski definition) is 1. The summed E-state index contributed by atoms with van der Waals surface area (Å²) in [5, 5.41) is 2.48. The fourth-order valence-corrected chi connectivity index (χ4v) is 1.95. The normalized spacial score (nSPS) is 11.0. The average molecular weight is 337 g/mol. The molecule has 0 aliphatic carbocycles. The number of anilines is 1. The molecule has 126 valence electrons. The van der Waals surface area contributed by atoms with Gasteiger partial charge in [0, 0.05) is 5.69 Å². The number of ether oxygens (including phenoxy) is 1. The quantitative estimate of drug-likeness (QED) is 0.863. The maximum absolute atomic E-state index is 12.8. The van der Waals surface area contributed by atoms with E-state index in [1.807, 2.05) is 6.92 Å². The lowest BCUT2D eigenvalue weighted by molar-refractivity contribution is -0.138. The highest BCUT2D eigenvalue weighted by Gasteiger charge is 2.35. The molecule has 0 unspecified atom stereocenters. The second-order valence-electron chi connectivity index (χ2n) is 5.03. The number of nitrogens with one attached hydrogen (secondary N) is 1. The summed E-state index contributed by atoms with van der Waals surface area (Å²) in [6.07, 6.45) is -4.68. The maximum atomic E-state index is 12.8. The van der Waals surface area contributed by atoms with E-state index in [0.717, 1.165) is 17.7 Å². The molecule has 0 bridgehead atoms. The van der Waals surface area contributed by atoms with Crippen LogP contribution in [0.4, 0.5) is 18.9 Å². The Morgan fingerprint density at radius 2 is 1.67 bits per heavy atom. The number of carbonyl (C=O) groups excluding carboxylic acids is 2. The van der Waals surface area contributed by atoms with Gasteiger partial charge in [0.05, 0.1) is 11.1 Å².